The average Bonchev–Trinajstić information content (AvgIpc) is 3.93. The maximum absolute atomic E-state index is 2.47. The molecule has 0 amide bonds. The molecule has 0 fully saturated rings. The van der Waals surface area contributed by atoms with Gasteiger partial charge in [0, 0.05) is 38.9 Å². The highest BCUT2D eigenvalue weighted by atomic mass is 15.1. The second-order valence-electron chi connectivity index (χ2n) is 18.0. The van der Waals surface area contributed by atoms with Gasteiger partial charge in [0.15, 0.2) is 0 Å². The van der Waals surface area contributed by atoms with Gasteiger partial charge in [0.1, 0.15) is 0 Å². The highest BCUT2D eigenvalue weighted by Gasteiger charge is 2.46. The van der Waals surface area contributed by atoms with Gasteiger partial charge in [-0.1, -0.05) is 184 Å². The summed E-state index contributed by atoms with van der Waals surface area (Å²) in [5.41, 5.74) is 19.3. The van der Waals surface area contributed by atoms with E-state index in [2.05, 4.69) is 254 Å². The summed E-state index contributed by atoms with van der Waals surface area (Å²) in [5.74, 6) is 0. The van der Waals surface area contributed by atoms with Gasteiger partial charge in [0.2, 0.25) is 0 Å². The first-order valence-corrected chi connectivity index (χ1v) is 22.4. The molecular weight excluding hydrogens is 773 g/mol. The number of fused-ring (bicyclic) bond motifs is 11. The SMILES string of the molecule is CC1(C)c2cc(N(c3ccccc3)c3ccc4c(c3)C(c3ccccc3)(c3ccccc3)c3ccccc3-4)ccc2-c2ccc(-n3c4ccccc4c4c5ccccc5ccc43)cc21. The third-order valence-corrected chi connectivity index (χ3v) is 14.4. The Morgan fingerprint density at radius 3 is 1.61 bits per heavy atom. The summed E-state index contributed by atoms with van der Waals surface area (Å²) < 4.78 is 2.47. The molecule has 0 saturated heterocycles. The average molecular weight is 817 g/mol. The quantitative estimate of drug-likeness (QED) is 0.162. The molecule has 64 heavy (non-hydrogen) atoms. The minimum absolute atomic E-state index is 0.250. The molecule has 2 heteroatoms. The van der Waals surface area contributed by atoms with E-state index in [0.717, 1.165) is 17.1 Å². The summed E-state index contributed by atoms with van der Waals surface area (Å²) >= 11 is 0. The molecule has 0 N–H and O–H groups in total. The molecule has 1 aromatic heterocycles. The van der Waals surface area contributed by atoms with E-state index >= 15 is 0 Å². The van der Waals surface area contributed by atoms with Crippen molar-refractivity contribution < 1.29 is 0 Å². The fourth-order valence-electron chi connectivity index (χ4n) is 11.6. The number of anilines is 3. The molecule has 0 atom stereocenters. The van der Waals surface area contributed by atoms with E-state index in [1.165, 1.54) is 93.9 Å². The Kier molecular flexibility index (Phi) is 7.90. The Balaban J connectivity index is 0.973. The zero-order chi connectivity index (χ0) is 42.6. The monoisotopic (exact) mass is 816 g/mol. The van der Waals surface area contributed by atoms with Crippen molar-refractivity contribution in [2.24, 2.45) is 0 Å². The van der Waals surface area contributed by atoms with Crippen LogP contribution < -0.4 is 4.90 Å². The lowest BCUT2D eigenvalue weighted by molar-refractivity contribution is 0.660. The molecule has 0 bridgehead atoms. The van der Waals surface area contributed by atoms with Gasteiger partial charge < -0.3 is 9.47 Å². The predicted octanol–water partition coefficient (Wildman–Crippen LogP) is 16.1. The van der Waals surface area contributed by atoms with Crippen molar-refractivity contribution in [3.63, 3.8) is 0 Å². The van der Waals surface area contributed by atoms with Crippen molar-refractivity contribution in [2.75, 3.05) is 4.90 Å². The second-order valence-corrected chi connectivity index (χ2v) is 18.0. The summed E-state index contributed by atoms with van der Waals surface area (Å²) in [4.78, 5) is 2.46. The molecule has 0 aliphatic heterocycles. The molecule has 0 saturated carbocycles. The van der Waals surface area contributed by atoms with Gasteiger partial charge in [-0.05, 0) is 127 Å². The van der Waals surface area contributed by atoms with Gasteiger partial charge >= 0.3 is 0 Å². The standard InChI is InChI=1S/C62H44N2/c1-61(2)55-38-45(31-34-50(55)51-35-33-47(39-56(51)61)64-58-29-17-15-27-53(58)60-48-25-13-12-18-41(48)30-37-59(60)64)63(44-23-10-5-11-24-44)46-32-36-52-49-26-14-16-28-54(49)62(57(52)40-46,42-19-6-3-7-20-42)43-21-8-4-9-22-43/h3-40H,1-2H3. The van der Waals surface area contributed by atoms with Crippen LogP contribution in [0.5, 0.6) is 0 Å². The summed E-state index contributed by atoms with van der Waals surface area (Å²) in [5, 5.41) is 5.14. The fraction of sp³-hybridized carbons (Fsp3) is 0.0645. The topological polar surface area (TPSA) is 8.17 Å². The smallest absolute Gasteiger partial charge is 0.0714 e. The van der Waals surface area contributed by atoms with E-state index in [0.29, 0.717) is 0 Å². The Morgan fingerprint density at radius 1 is 0.359 bits per heavy atom. The molecule has 0 radical (unpaired) electrons. The van der Waals surface area contributed by atoms with Gasteiger partial charge in [-0.15, -0.1) is 0 Å². The van der Waals surface area contributed by atoms with Gasteiger partial charge in [0.25, 0.3) is 0 Å². The van der Waals surface area contributed by atoms with Crippen molar-refractivity contribution in [2.45, 2.75) is 24.7 Å². The third-order valence-electron chi connectivity index (χ3n) is 14.4. The van der Waals surface area contributed by atoms with Crippen LogP contribution in [0.4, 0.5) is 17.1 Å². The zero-order valence-corrected chi connectivity index (χ0v) is 35.8. The number of rotatable bonds is 6. The van der Waals surface area contributed by atoms with Crippen LogP contribution in [0.25, 0.3) is 60.5 Å². The van der Waals surface area contributed by atoms with Crippen molar-refractivity contribution in [1.29, 1.82) is 0 Å². The van der Waals surface area contributed by atoms with Crippen LogP contribution in [0.15, 0.2) is 231 Å². The lowest BCUT2D eigenvalue weighted by Gasteiger charge is -2.35. The molecule has 11 aromatic rings. The van der Waals surface area contributed by atoms with E-state index in [4.69, 9.17) is 0 Å². The molecular formula is C62H44N2. The minimum Gasteiger partial charge on any atom is -0.310 e. The summed E-state index contributed by atoms with van der Waals surface area (Å²) in [6.07, 6.45) is 0. The van der Waals surface area contributed by atoms with Gasteiger partial charge in [-0.2, -0.15) is 0 Å². The lowest BCUT2D eigenvalue weighted by atomic mass is 9.67. The number of nitrogens with zero attached hydrogens (tertiary/aromatic N) is 2. The van der Waals surface area contributed by atoms with Crippen LogP contribution in [0, 0.1) is 0 Å². The first-order chi connectivity index (χ1) is 31.5. The van der Waals surface area contributed by atoms with Crippen LogP contribution in [0.2, 0.25) is 0 Å². The van der Waals surface area contributed by atoms with Crippen LogP contribution >= 0.6 is 0 Å². The van der Waals surface area contributed by atoms with Crippen LogP contribution in [-0.2, 0) is 10.8 Å². The van der Waals surface area contributed by atoms with Gasteiger partial charge in [0.05, 0.1) is 16.4 Å². The number of hydrogen-bond donors (Lipinski definition) is 0. The Labute approximate surface area is 374 Å². The largest absolute Gasteiger partial charge is 0.310 e. The first-order valence-electron chi connectivity index (χ1n) is 22.4. The Hall–Kier alpha value is -7.94. The maximum Gasteiger partial charge on any atom is 0.0714 e. The van der Waals surface area contributed by atoms with Crippen LogP contribution in [0.3, 0.4) is 0 Å². The molecule has 0 unspecified atom stereocenters. The van der Waals surface area contributed by atoms with Crippen LogP contribution in [0.1, 0.15) is 47.2 Å². The highest BCUT2D eigenvalue weighted by molar-refractivity contribution is 6.21. The Morgan fingerprint density at radius 2 is 0.891 bits per heavy atom. The van der Waals surface area contributed by atoms with Crippen LogP contribution in [-0.4, -0.2) is 4.57 Å². The summed E-state index contributed by atoms with van der Waals surface area (Å²) in [7, 11) is 0. The summed E-state index contributed by atoms with van der Waals surface area (Å²) in [6, 6.07) is 85.7. The van der Waals surface area contributed by atoms with E-state index in [-0.39, 0.29) is 5.41 Å². The number of aromatic nitrogens is 1. The number of hydrogen-bond acceptors (Lipinski definition) is 1. The van der Waals surface area contributed by atoms with Gasteiger partial charge in [-0.3, -0.25) is 0 Å². The molecule has 302 valence electrons. The van der Waals surface area contributed by atoms with Crippen molar-refractivity contribution in [3.8, 4) is 27.9 Å². The number of para-hydroxylation sites is 2. The Bertz CT molecular complexity index is 3600. The van der Waals surface area contributed by atoms with E-state index in [1.54, 1.807) is 0 Å². The van der Waals surface area contributed by atoms with Gasteiger partial charge in [-0.25, -0.2) is 0 Å². The van der Waals surface area contributed by atoms with E-state index in [1.807, 2.05) is 0 Å². The van der Waals surface area contributed by atoms with Crippen molar-refractivity contribution in [3.05, 3.63) is 264 Å². The lowest BCUT2D eigenvalue weighted by Crippen LogP contribution is -2.28. The second kappa shape index (κ2) is 13.8. The molecule has 13 rings (SSSR count). The fourth-order valence-corrected chi connectivity index (χ4v) is 11.6. The molecule has 1 heterocycles. The molecule has 10 aromatic carbocycles. The predicted molar refractivity (Wildman–Crippen MR) is 268 cm³/mol. The van der Waals surface area contributed by atoms with Crippen molar-refractivity contribution in [1.82, 2.24) is 4.57 Å². The number of benzene rings is 10. The maximum atomic E-state index is 2.47. The normalized spacial score (nSPS) is 14.0. The summed E-state index contributed by atoms with van der Waals surface area (Å²) in [6.45, 7) is 4.80. The highest BCUT2D eigenvalue weighted by Crippen LogP contribution is 2.58. The molecule has 0 spiro atoms. The first kappa shape index (κ1) is 36.7. The van der Waals surface area contributed by atoms with E-state index < -0.39 is 5.41 Å². The van der Waals surface area contributed by atoms with E-state index in [9.17, 15) is 0 Å². The molecule has 2 aliphatic rings. The molecule has 2 nitrogen and oxygen atoms in total. The third kappa shape index (κ3) is 5.08. The minimum atomic E-state index is -0.491. The zero-order valence-electron chi connectivity index (χ0n) is 35.8. The van der Waals surface area contributed by atoms with Crippen molar-refractivity contribution >= 4 is 49.6 Å². The molecule has 2 aliphatic carbocycles.